The Morgan fingerprint density at radius 3 is 2.95 bits per heavy atom. The number of thioether (sulfide) groups is 1. The zero-order valence-electron chi connectivity index (χ0n) is 12.4. The van der Waals surface area contributed by atoms with Gasteiger partial charge in [-0.05, 0) is 25.0 Å². The molecule has 1 aromatic carbocycles. The molecule has 0 saturated carbocycles. The van der Waals surface area contributed by atoms with Crippen LogP contribution in [0.2, 0.25) is 0 Å². The van der Waals surface area contributed by atoms with Gasteiger partial charge in [-0.3, -0.25) is 4.79 Å². The number of carbonyl (C=O) groups excluding carboxylic acids is 1. The van der Waals surface area contributed by atoms with Crippen LogP contribution in [0.15, 0.2) is 29.2 Å². The molecule has 1 amide bonds. The average molecular weight is 306 g/mol. The summed E-state index contributed by atoms with van der Waals surface area (Å²) < 4.78 is 5.33. The summed E-state index contributed by atoms with van der Waals surface area (Å²) in [6.07, 6.45) is 1.85. The predicted molar refractivity (Wildman–Crippen MR) is 86.0 cm³/mol. The van der Waals surface area contributed by atoms with Crippen molar-refractivity contribution in [1.29, 1.82) is 0 Å². The number of rotatable bonds is 3. The van der Waals surface area contributed by atoms with E-state index in [1.165, 1.54) is 10.6 Å². The van der Waals surface area contributed by atoms with E-state index in [1.54, 1.807) is 0 Å². The van der Waals surface area contributed by atoms with E-state index in [9.17, 15) is 4.79 Å². The van der Waals surface area contributed by atoms with Gasteiger partial charge in [0.25, 0.3) is 0 Å². The van der Waals surface area contributed by atoms with E-state index in [0.29, 0.717) is 11.8 Å². The Kier molecular flexibility index (Phi) is 4.70. The van der Waals surface area contributed by atoms with Crippen LogP contribution < -0.4 is 10.2 Å². The van der Waals surface area contributed by atoms with Crippen LogP contribution in [0.3, 0.4) is 0 Å². The van der Waals surface area contributed by atoms with Crippen molar-refractivity contribution in [2.24, 2.45) is 0 Å². The molecule has 1 saturated heterocycles. The summed E-state index contributed by atoms with van der Waals surface area (Å²) >= 11 is 1.89. The van der Waals surface area contributed by atoms with E-state index in [-0.39, 0.29) is 11.9 Å². The molecule has 2 heterocycles. The maximum absolute atomic E-state index is 12.3. The van der Waals surface area contributed by atoms with E-state index in [4.69, 9.17) is 4.74 Å². The van der Waals surface area contributed by atoms with Crippen LogP contribution in [0.5, 0.6) is 0 Å². The van der Waals surface area contributed by atoms with Crippen LogP contribution in [0.25, 0.3) is 0 Å². The summed E-state index contributed by atoms with van der Waals surface area (Å²) in [5.41, 5.74) is 1.18. The highest BCUT2D eigenvalue weighted by Gasteiger charge is 2.24. The maximum Gasteiger partial charge on any atom is 0.239 e. The van der Waals surface area contributed by atoms with Crippen molar-refractivity contribution >= 4 is 23.4 Å². The summed E-state index contributed by atoms with van der Waals surface area (Å²) in [7, 11) is 0. The van der Waals surface area contributed by atoms with E-state index >= 15 is 0 Å². The fourth-order valence-corrected chi connectivity index (χ4v) is 4.08. The number of nitrogens with one attached hydrogen (secondary N) is 1. The fraction of sp³-hybridized carbons (Fsp3) is 0.562. The van der Waals surface area contributed by atoms with Crippen molar-refractivity contribution in [3.8, 4) is 0 Å². The number of nitrogens with zero attached hydrogens (tertiary/aromatic N) is 1. The van der Waals surface area contributed by atoms with E-state index < -0.39 is 0 Å². The average Bonchev–Trinajstić information content (AvgIpc) is 2.48. The predicted octanol–water partition coefficient (Wildman–Crippen LogP) is 2.28. The highest BCUT2D eigenvalue weighted by atomic mass is 32.2. The molecule has 21 heavy (non-hydrogen) atoms. The number of ether oxygens (including phenoxy) is 1. The number of para-hydroxylation sites is 1. The first-order chi connectivity index (χ1) is 10.2. The lowest BCUT2D eigenvalue weighted by molar-refractivity contribution is -0.121. The van der Waals surface area contributed by atoms with Crippen molar-refractivity contribution in [3.63, 3.8) is 0 Å². The normalized spacial score (nSPS) is 22.7. The quantitative estimate of drug-likeness (QED) is 0.930. The Hall–Kier alpha value is -1.20. The molecule has 4 nitrogen and oxygen atoms in total. The smallest absolute Gasteiger partial charge is 0.239 e. The first kappa shape index (κ1) is 14.7. The molecule has 1 atom stereocenters. The largest absolute Gasteiger partial charge is 0.381 e. The van der Waals surface area contributed by atoms with Gasteiger partial charge in [0.1, 0.15) is 0 Å². The fourth-order valence-electron chi connectivity index (χ4n) is 2.92. The number of anilines is 1. The summed E-state index contributed by atoms with van der Waals surface area (Å²) in [5.74, 6) is 0.121. The third-order valence-electron chi connectivity index (χ3n) is 3.93. The molecule has 1 N–H and O–H groups in total. The van der Waals surface area contributed by atoms with Crippen molar-refractivity contribution in [3.05, 3.63) is 24.3 Å². The van der Waals surface area contributed by atoms with Crippen LogP contribution in [-0.2, 0) is 9.53 Å². The minimum absolute atomic E-state index is 0.121. The number of amides is 1. The molecule has 0 aromatic heterocycles. The molecule has 0 radical (unpaired) electrons. The third kappa shape index (κ3) is 3.71. The number of hydrogen-bond donors (Lipinski definition) is 1. The van der Waals surface area contributed by atoms with Crippen molar-refractivity contribution in [2.45, 2.75) is 36.0 Å². The molecular formula is C16H22N2O2S. The summed E-state index contributed by atoms with van der Waals surface area (Å²) in [6, 6.07) is 8.62. The first-order valence-electron chi connectivity index (χ1n) is 7.60. The molecule has 0 bridgehead atoms. The van der Waals surface area contributed by atoms with Gasteiger partial charge in [0, 0.05) is 35.9 Å². The topological polar surface area (TPSA) is 41.6 Å². The lowest BCUT2D eigenvalue weighted by Crippen LogP contribution is -2.46. The monoisotopic (exact) mass is 306 g/mol. The second kappa shape index (κ2) is 6.71. The highest BCUT2D eigenvalue weighted by Crippen LogP contribution is 2.37. The van der Waals surface area contributed by atoms with Gasteiger partial charge in [0.15, 0.2) is 0 Å². The molecule has 3 rings (SSSR count). The van der Waals surface area contributed by atoms with E-state index in [2.05, 4.69) is 35.3 Å². The molecule has 0 spiro atoms. The SMILES string of the molecule is CC1CN(CC(=O)NC2CCOCC2)c2ccccc2S1. The van der Waals surface area contributed by atoms with Gasteiger partial charge in [0.2, 0.25) is 5.91 Å². The van der Waals surface area contributed by atoms with Crippen LogP contribution in [0, 0.1) is 0 Å². The number of benzene rings is 1. The second-order valence-corrected chi connectivity index (χ2v) is 7.21. The zero-order chi connectivity index (χ0) is 14.7. The first-order valence-corrected chi connectivity index (χ1v) is 8.48. The van der Waals surface area contributed by atoms with Crippen molar-refractivity contribution in [2.75, 3.05) is 31.2 Å². The van der Waals surface area contributed by atoms with Gasteiger partial charge in [-0.1, -0.05) is 19.1 Å². The lowest BCUT2D eigenvalue weighted by atomic mass is 10.1. The summed E-state index contributed by atoms with van der Waals surface area (Å²) in [5, 5.41) is 3.65. The van der Waals surface area contributed by atoms with Gasteiger partial charge in [-0.15, -0.1) is 11.8 Å². The van der Waals surface area contributed by atoms with Crippen LogP contribution in [0.4, 0.5) is 5.69 Å². The standard InChI is InChI=1S/C16H22N2O2S/c1-12-10-18(14-4-2-3-5-15(14)21-12)11-16(19)17-13-6-8-20-9-7-13/h2-5,12-13H,6-11H2,1H3,(H,17,19). The lowest BCUT2D eigenvalue weighted by Gasteiger charge is -2.34. The molecule has 1 fully saturated rings. The minimum Gasteiger partial charge on any atom is -0.381 e. The number of carbonyl (C=O) groups is 1. The zero-order valence-corrected chi connectivity index (χ0v) is 13.2. The Balaban J connectivity index is 1.62. The highest BCUT2D eigenvalue weighted by molar-refractivity contribution is 8.00. The molecule has 2 aliphatic rings. The summed E-state index contributed by atoms with van der Waals surface area (Å²) in [6.45, 7) is 5.09. The molecule has 114 valence electrons. The van der Waals surface area contributed by atoms with Gasteiger partial charge in [0.05, 0.1) is 12.2 Å². The van der Waals surface area contributed by atoms with Gasteiger partial charge in [-0.2, -0.15) is 0 Å². The van der Waals surface area contributed by atoms with Gasteiger partial charge >= 0.3 is 0 Å². The van der Waals surface area contributed by atoms with Crippen LogP contribution in [-0.4, -0.2) is 43.5 Å². The number of fused-ring (bicyclic) bond motifs is 1. The van der Waals surface area contributed by atoms with Crippen LogP contribution in [0.1, 0.15) is 19.8 Å². The summed E-state index contributed by atoms with van der Waals surface area (Å²) in [4.78, 5) is 15.8. The maximum atomic E-state index is 12.3. The molecule has 2 aliphatic heterocycles. The van der Waals surface area contributed by atoms with E-state index in [1.807, 2.05) is 17.8 Å². The molecule has 0 aliphatic carbocycles. The van der Waals surface area contributed by atoms with Gasteiger partial charge < -0.3 is 15.0 Å². The van der Waals surface area contributed by atoms with Crippen LogP contribution >= 0.6 is 11.8 Å². The number of hydrogen-bond acceptors (Lipinski definition) is 4. The Morgan fingerprint density at radius 2 is 2.14 bits per heavy atom. The molecule has 5 heteroatoms. The Morgan fingerprint density at radius 1 is 1.38 bits per heavy atom. The van der Waals surface area contributed by atoms with Crippen molar-refractivity contribution in [1.82, 2.24) is 5.32 Å². The van der Waals surface area contributed by atoms with Gasteiger partial charge in [-0.25, -0.2) is 0 Å². The molecule has 1 unspecified atom stereocenters. The molecular weight excluding hydrogens is 284 g/mol. The Labute approximate surface area is 130 Å². The third-order valence-corrected chi connectivity index (χ3v) is 5.08. The van der Waals surface area contributed by atoms with E-state index in [0.717, 1.165) is 32.6 Å². The minimum atomic E-state index is 0.121. The Bertz CT molecular complexity index is 503. The van der Waals surface area contributed by atoms with Crippen molar-refractivity contribution < 1.29 is 9.53 Å². The molecule has 1 aromatic rings. The second-order valence-electron chi connectivity index (χ2n) is 5.73.